The van der Waals surface area contributed by atoms with Crippen molar-refractivity contribution in [1.82, 2.24) is 9.88 Å². The standard InChI is InChI=1S/C15H17IN2O3S/c1-22(20,21)10-4-8-17-15(19)14-7-3-9-18(14)13-6-2-5-12(16)11-13/h2-3,5-7,9,11H,4,8,10H2,1H3,(H,17,19). The van der Waals surface area contributed by atoms with Crippen molar-refractivity contribution in [1.29, 1.82) is 0 Å². The lowest BCUT2D eigenvalue weighted by atomic mass is 10.3. The summed E-state index contributed by atoms with van der Waals surface area (Å²) < 4.78 is 25.0. The lowest BCUT2D eigenvalue weighted by Gasteiger charge is -2.10. The normalized spacial score (nSPS) is 11.4. The number of nitrogens with one attached hydrogen (secondary N) is 1. The van der Waals surface area contributed by atoms with Gasteiger partial charge >= 0.3 is 0 Å². The van der Waals surface area contributed by atoms with Crippen LogP contribution in [0.1, 0.15) is 16.9 Å². The van der Waals surface area contributed by atoms with Gasteiger partial charge in [-0.2, -0.15) is 0 Å². The molecule has 0 aliphatic heterocycles. The minimum Gasteiger partial charge on any atom is -0.351 e. The highest BCUT2D eigenvalue weighted by Crippen LogP contribution is 2.15. The Morgan fingerprint density at radius 1 is 1.27 bits per heavy atom. The van der Waals surface area contributed by atoms with E-state index in [2.05, 4.69) is 27.9 Å². The molecule has 0 atom stereocenters. The van der Waals surface area contributed by atoms with Crippen LogP contribution in [-0.4, -0.2) is 37.4 Å². The Morgan fingerprint density at radius 3 is 2.73 bits per heavy atom. The predicted molar refractivity (Wildman–Crippen MR) is 95.1 cm³/mol. The quantitative estimate of drug-likeness (QED) is 0.563. The number of benzene rings is 1. The fourth-order valence-corrected chi connectivity index (χ4v) is 3.24. The van der Waals surface area contributed by atoms with E-state index in [1.165, 1.54) is 6.26 Å². The van der Waals surface area contributed by atoms with Crippen LogP contribution in [0.4, 0.5) is 0 Å². The summed E-state index contributed by atoms with van der Waals surface area (Å²) in [6, 6.07) is 11.4. The topological polar surface area (TPSA) is 68.2 Å². The number of hydrogen-bond acceptors (Lipinski definition) is 3. The largest absolute Gasteiger partial charge is 0.351 e. The van der Waals surface area contributed by atoms with Crippen LogP contribution in [0.25, 0.3) is 5.69 Å². The van der Waals surface area contributed by atoms with Crippen molar-refractivity contribution in [3.63, 3.8) is 0 Å². The van der Waals surface area contributed by atoms with Gasteiger partial charge in [-0.25, -0.2) is 8.42 Å². The third-order valence-electron chi connectivity index (χ3n) is 3.05. The van der Waals surface area contributed by atoms with Crippen molar-refractivity contribution in [3.8, 4) is 5.69 Å². The molecule has 1 N–H and O–H groups in total. The Kier molecular flexibility index (Phi) is 5.63. The maximum absolute atomic E-state index is 12.2. The van der Waals surface area contributed by atoms with Gasteiger partial charge in [0.15, 0.2) is 0 Å². The monoisotopic (exact) mass is 432 g/mol. The third-order valence-corrected chi connectivity index (χ3v) is 4.75. The summed E-state index contributed by atoms with van der Waals surface area (Å²) in [6.07, 6.45) is 3.43. The summed E-state index contributed by atoms with van der Waals surface area (Å²) in [5, 5.41) is 2.76. The third kappa shape index (κ3) is 4.84. The Hall–Kier alpha value is -1.35. The first-order chi connectivity index (χ1) is 10.4. The molecule has 1 heterocycles. The molecule has 0 aliphatic carbocycles. The molecule has 0 bridgehead atoms. The van der Waals surface area contributed by atoms with Crippen molar-refractivity contribution in [2.24, 2.45) is 0 Å². The minimum atomic E-state index is -2.99. The zero-order valence-corrected chi connectivity index (χ0v) is 15.1. The Morgan fingerprint density at radius 2 is 2.05 bits per heavy atom. The highest BCUT2D eigenvalue weighted by molar-refractivity contribution is 14.1. The Bertz CT molecular complexity index is 769. The van der Waals surface area contributed by atoms with Gasteiger partial charge in [-0.3, -0.25) is 4.79 Å². The van der Waals surface area contributed by atoms with Gasteiger partial charge in [0.1, 0.15) is 15.5 Å². The first kappa shape index (κ1) is 17.0. The molecule has 0 fully saturated rings. The molecule has 0 saturated heterocycles. The number of hydrogen-bond donors (Lipinski definition) is 1. The summed E-state index contributed by atoms with van der Waals surface area (Å²) in [5.41, 5.74) is 1.44. The van der Waals surface area contributed by atoms with Crippen LogP contribution in [0.3, 0.4) is 0 Å². The lowest BCUT2D eigenvalue weighted by Crippen LogP contribution is -2.27. The molecule has 1 amide bonds. The van der Waals surface area contributed by atoms with Crippen molar-refractivity contribution in [2.45, 2.75) is 6.42 Å². The van der Waals surface area contributed by atoms with E-state index < -0.39 is 9.84 Å². The number of amides is 1. The molecular formula is C15H17IN2O3S. The van der Waals surface area contributed by atoms with Crippen LogP contribution in [0.2, 0.25) is 0 Å². The average molecular weight is 432 g/mol. The van der Waals surface area contributed by atoms with Crippen LogP contribution in [-0.2, 0) is 9.84 Å². The fourth-order valence-electron chi connectivity index (χ4n) is 2.04. The number of rotatable bonds is 6. The van der Waals surface area contributed by atoms with Crippen molar-refractivity contribution >= 4 is 38.3 Å². The lowest BCUT2D eigenvalue weighted by molar-refractivity contribution is 0.0947. The molecular weight excluding hydrogens is 415 g/mol. The summed E-state index contributed by atoms with van der Waals surface area (Å²) in [5.74, 6) is -0.136. The van der Waals surface area contributed by atoms with E-state index in [4.69, 9.17) is 0 Å². The second-order valence-electron chi connectivity index (χ2n) is 4.98. The number of nitrogens with zero attached hydrogens (tertiary/aromatic N) is 1. The molecule has 2 rings (SSSR count). The highest BCUT2D eigenvalue weighted by Gasteiger charge is 2.12. The van der Waals surface area contributed by atoms with Crippen LogP contribution < -0.4 is 5.32 Å². The van der Waals surface area contributed by atoms with E-state index in [9.17, 15) is 13.2 Å². The van der Waals surface area contributed by atoms with E-state index in [0.717, 1.165) is 9.26 Å². The molecule has 0 aliphatic rings. The first-order valence-corrected chi connectivity index (χ1v) is 9.90. The highest BCUT2D eigenvalue weighted by atomic mass is 127. The molecule has 1 aromatic heterocycles. The molecule has 0 unspecified atom stereocenters. The van der Waals surface area contributed by atoms with Gasteiger partial charge in [0.05, 0.1) is 5.75 Å². The van der Waals surface area contributed by atoms with Crippen LogP contribution in [0, 0.1) is 3.57 Å². The van der Waals surface area contributed by atoms with Gasteiger partial charge in [0, 0.05) is 28.3 Å². The molecule has 118 valence electrons. The number of aromatic nitrogens is 1. The molecule has 0 spiro atoms. The predicted octanol–water partition coefficient (Wildman–Crippen LogP) is 2.25. The second kappa shape index (κ2) is 7.28. The van der Waals surface area contributed by atoms with Crippen LogP contribution >= 0.6 is 22.6 Å². The van der Waals surface area contributed by atoms with E-state index >= 15 is 0 Å². The summed E-state index contributed by atoms with van der Waals surface area (Å²) >= 11 is 2.22. The SMILES string of the molecule is CS(=O)(=O)CCCNC(=O)c1cccn1-c1cccc(I)c1. The molecule has 0 radical (unpaired) electrons. The summed E-state index contributed by atoms with van der Waals surface area (Å²) in [6.45, 7) is 0.337. The van der Waals surface area contributed by atoms with Crippen LogP contribution in [0.5, 0.6) is 0 Å². The van der Waals surface area contributed by atoms with Gasteiger partial charge in [0.25, 0.3) is 5.91 Å². The molecule has 2 aromatic rings. The minimum absolute atomic E-state index is 0.0746. The number of carbonyl (C=O) groups is 1. The summed E-state index contributed by atoms with van der Waals surface area (Å²) in [4.78, 5) is 12.2. The average Bonchev–Trinajstić information content (AvgIpc) is 2.92. The van der Waals surface area contributed by atoms with Crippen LogP contribution in [0.15, 0.2) is 42.6 Å². The maximum atomic E-state index is 12.2. The van der Waals surface area contributed by atoms with Crippen molar-refractivity contribution in [3.05, 3.63) is 51.9 Å². The van der Waals surface area contributed by atoms with E-state index in [1.54, 1.807) is 6.07 Å². The molecule has 0 saturated carbocycles. The van der Waals surface area contributed by atoms with Gasteiger partial charge in [0.2, 0.25) is 0 Å². The van der Waals surface area contributed by atoms with Crippen molar-refractivity contribution in [2.75, 3.05) is 18.6 Å². The number of halogens is 1. The molecule has 22 heavy (non-hydrogen) atoms. The Balaban J connectivity index is 2.04. The van der Waals surface area contributed by atoms with E-state index in [-0.39, 0.29) is 11.7 Å². The molecule has 7 heteroatoms. The Labute approximate surface area is 143 Å². The number of carbonyl (C=O) groups excluding carboxylic acids is 1. The van der Waals surface area contributed by atoms with E-state index in [0.29, 0.717) is 18.7 Å². The summed E-state index contributed by atoms with van der Waals surface area (Å²) in [7, 11) is -2.99. The van der Waals surface area contributed by atoms with E-state index in [1.807, 2.05) is 41.1 Å². The smallest absolute Gasteiger partial charge is 0.268 e. The molecule has 5 nitrogen and oxygen atoms in total. The second-order valence-corrected chi connectivity index (χ2v) is 8.49. The van der Waals surface area contributed by atoms with Gasteiger partial charge in [-0.05, 0) is 59.3 Å². The van der Waals surface area contributed by atoms with Gasteiger partial charge in [-0.15, -0.1) is 0 Å². The zero-order valence-electron chi connectivity index (χ0n) is 12.1. The fraction of sp³-hybridized carbons (Fsp3) is 0.267. The van der Waals surface area contributed by atoms with Gasteiger partial charge < -0.3 is 9.88 Å². The number of sulfone groups is 1. The first-order valence-electron chi connectivity index (χ1n) is 6.76. The van der Waals surface area contributed by atoms with Gasteiger partial charge in [-0.1, -0.05) is 6.07 Å². The molecule has 1 aromatic carbocycles. The zero-order chi connectivity index (χ0) is 16.2. The maximum Gasteiger partial charge on any atom is 0.268 e. The van der Waals surface area contributed by atoms with Crippen molar-refractivity contribution < 1.29 is 13.2 Å².